The molecule has 1 N–H and O–H groups in total. The largest absolute Gasteiger partial charge is 0.393 e. The van der Waals surface area contributed by atoms with Gasteiger partial charge in [0.15, 0.2) is 0 Å². The second-order valence-corrected chi connectivity index (χ2v) is 7.82. The van der Waals surface area contributed by atoms with Crippen LogP contribution in [-0.2, 0) is 9.59 Å². The van der Waals surface area contributed by atoms with Gasteiger partial charge in [-0.1, -0.05) is 17.7 Å². The number of amides is 2. The van der Waals surface area contributed by atoms with Gasteiger partial charge >= 0.3 is 0 Å². The van der Waals surface area contributed by atoms with Crippen LogP contribution in [0.3, 0.4) is 0 Å². The van der Waals surface area contributed by atoms with Crippen molar-refractivity contribution in [2.24, 2.45) is 11.3 Å². The Kier molecular flexibility index (Phi) is 3.64. The third-order valence-electron chi connectivity index (χ3n) is 5.88. The molecular weight excluding hydrogens is 304 g/mol. The number of aryl methyl sites for hydroxylation is 1. The highest BCUT2D eigenvalue weighted by Gasteiger charge is 2.50. The molecule has 1 saturated carbocycles. The molecule has 1 atom stereocenters. The standard InChI is InChI=1S/C19H24N2O3/c1-13-2-4-15(5-3-13)21-12-19(10-17(21)23)6-7-20(11-19)18(24)14-8-16(22)9-14/h2-5,14,16,22H,6-12H2,1H3/t14?,16?,19-/m0/s1. The Balaban J connectivity index is 1.44. The van der Waals surface area contributed by atoms with Gasteiger partial charge in [0.05, 0.1) is 6.10 Å². The highest BCUT2D eigenvalue weighted by molar-refractivity contribution is 5.96. The first-order chi connectivity index (χ1) is 11.5. The molecular formula is C19H24N2O3. The lowest BCUT2D eigenvalue weighted by Gasteiger charge is -2.34. The van der Waals surface area contributed by atoms with Crippen LogP contribution in [0.25, 0.3) is 0 Å². The maximum atomic E-state index is 12.5. The van der Waals surface area contributed by atoms with Crippen LogP contribution in [0.15, 0.2) is 24.3 Å². The zero-order chi connectivity index (χ0) is 16.9. The van der Waals surface area contributed by atoms with Gasteiger partial charge in [0, 0.05) is 43.1 Å². The lowest BCUT2D eigenvalue weighted by molar-refractivity contribution is -0.141. The lowest BCUT2D eigenvalue weighted by atomic mass is 9.81. The van der Waals surface area contributed by atoms with E-state index in [2.05, 4.69) is 0 Å². The predicted molar refractivity (Wildman–Crippen MR) is 90.5 cm³/mol. The molecule has 1 aromatic carbocycles. The van der Waals surface area contributed by atoms with E-state index in [-0.39, 0.29) is 29.3 Å². The van der Waals surface area contributed by atoms with E-state index in [9.17, 15) is 14.7 Å². The van der Waals surface area contributed by atoms with Gasteiger partial charge in [0.1, 0.15) is 0 Å². The quantitative estimate of drug-likeness (QED) is 0.899. The van der Waals surface area contributed by atoms with Crippen molar-refractivity contribution in [1.29, 1.82) is 0 Å². The summed E-state index contributed by atoms with van der Waals surface area (Å²) in [5.41, 5.74) is 2.04. The molecule has 0 aromatic heterocycles. The first-order valence-electron chi connectivity index (χ1n) is 8.80. The van der Waals surface area contributed by atoms with Crippen molar-refractivity contribution < 1.29 is 14.7 Å². The summed E-state index contributed by atoms with van der Waals surface area (Å²) in [4.78, 5) is 28.8. The summed E-state index contributed by atoms with van der Waals surface area (Å²) in [5.74, 6) is 0.311. The number of anilines is 1. The van der Waals surface area contributed by atoms with Gasteiger partial charge in [-0.05, 0) is 38.3 Å². The average molecular weight is 328 g/mol. The molecule has 5 heteroatoms. The Morgan fingerprint density at radius 3 is 2.58 bits per heavy atom. The van der Waals surface area contributed by atoms with Gasteiger partial charge in [-0.15, -0.1) is 0 Å². The van der Waals surface area contributed by atoms with E-state index in [0.717, 1.165) is 18.7 Å². The van der Waals surface area contributed by atoms with Crippen molar-refractivity contribution in [3.05, 3.63) is 29.8 Å². The second-order valence-electron chi connectivity index (χ2n) is 7.82. The number of rotatable bonds is 2. The predicted octanol–water partition coefficient (Wildman–Crippen LogP) is 1.72. The molecule has 2 heterocycles. The van der Waals surface area contributed by atoms with Crippen LogP contribution in [0.1, 0.15) is 31.2 Å². The molecule has 3 fully saturated rings. The Labute approximate surface area is 142 Å². The van der Waals surface area contributed by atoms with Crippen molar-refractivity contribution in [3.8, 4) is 0 Å². The average Bonchev–Trinajstić information content (AvgIpc) is 3.08. The number of aliphatic hydroxyl groups is 1. The van der Waals surface area contributed by atoms with Crippen molar-refractivity contribution in [1.82, 2.24) is 4.90 Å². The Hall–Kier alpha value is -1.88. The summed E-state index contributed by atoms with van der Waals surface area (Å²) < 4.78 is 0. The van der Waals surface area contributed by atoms with Crippen LogP contribution in [0.4, 0.5) is 5.69 Å². The number of carbonyl (C=O) groups excluding carboxylic acids is 2. The number of hydrogen-bond donors (Lipinski definition) is 1. The van der Waals surface area contributed by atoms with Gasteiger partial charge in [0.2, 0.25) is 11.8 Å². The van der Waals surface area contributed by atoms with Crippen LogP contribution >= 0.6 is 0 Å². The van der Waals surface area contributed by atoms with Gasteiger partial charge in [-0.2, -0.15) is 0 Å². The number of benzene rings is 1. The van der Waals surface area contributed by atoms with Crippen LogP contribution in [0.2, 0.25) is 0 Å². The third kappa shape index (κ3) is 2.61. The molecule has 3 aliphatic rings. The van der Waals surface area contributed by atoms with E-state index in [1.165, 1.54) is 5.56 Å². The fraction of sp³-hybridized carbons (Fsp3) is 0.579. The number of likely N-dealkylation sites (tertiary alicyclic amines) is 1. The molecule has 2 amide bonds. The first kappa shape index (κ1) is 15.6. The van der Waals surface area contributed by atoms with Crippen molar-refractivity contribution in [2.45, 2.75) is 38.7 Å². The number of nitrogens with zero attached hydrogens (tertiary/aromatic N) is 2. The van der Waals surface area contributed by atoms with Crippen LogP contribution in [-0.4, -0.2) is 47.6 Å². The number of hydrogen-bond acceptors (Lipinski definition) is 3. The summed E-state index contributed by atoms with van der Waals surface area (Å²) in [6.07, 6.45) is 2.30. The Bertz CT molecular complexity index is 666. The third-order valence-corrected chi connectivity index (χ3v) is 5.88. The molecule has 24 heavy (non-hydrogen) atoms. The van der Waals surface area contributed by atoms with E-state index in [0.29, 0.717) is 32.4 Å². The van der Waals surface area contributed by atoms with E-state index in [1.54, 1.807) is 0 Å². The van der Waals surface area contributed by atoms with E-state index < -0.39 is 0 Å². The summed E-state index contributed by atoms with van der Waals surface area (Å²) in [6.45, 7) is 4.15. The summed E-state index contributed by atoms with van der Waals surface area (Å²) in [7, 11) is 0. The van der Waals surface area contributed by atoms with Crippen LogP contribution in [0.5, 0.6) is 0 Å². The molecule has 0 radical (unpaired) electrons. The summed E-state index contributed by atoms with van der Waals surface area (Å²) in [6, 6.07) is 8.06. The van der Waals surface area contributed by atoms with E-state index in [4.69, 9.17) is 0 Å². The molecule has 4 rings (SSSR count). The molecule has 2 aliphatic heterocycles. The first-order valence-corrected chi connectivity index (χ1v) is 8.80. The molecule has 128 valence electrons. The minimum Gasteiger partial charge on any atom is -0.393 e. The fourth-order valence-corrected chi connectivity index (χ4v) is 4.30. The fourth-order valence-electron chi connectivity index (χ4n) is 4.30. The SMILES string of the molecule is Cc1ccc(N2C[C@@]3(CCN(C(=O)C4CC(O)C4)C3)CC2=O)cc1. The molecule has 5 nitrogen and oxygen atoms in total. The molecule has 1 aliphatic carbocycles. The minimum absolute atomic E-state index is 0.0135. The van der Waals surface area contributed by atoms with Gasteiger partial charge in [-0.25, -0.2) is 0 Å². The van der Waals surface area contributed by atoms with E-state index >= 15 is 0 Å². The maximum absolute atomic E-state index is 12.5. The number of aliphatic hydroxyl groups excluding tert-OH is 1. The van der Waals surface area contributed by atoms with Gasteiger partial charge < -0.3 is 14.9 Å². The summed E-state index contributed by atoms with van der Waals surface area (Å²) >= 11 is 0. The lowest BCUT2D eigenvalue weighted by Crippen LogP contribution is -2.43. The normalized spacial score (nSPS) is 32.5. The smallest absolute Gasteiger partial charge is 0.227 e. The zero-order valence-corrected chi connectivity index (χ0v) is 14.1. The molecule has 1 spiro atoms. The van der Waals surface area contributed by atoms with Crippen LogP contribution < -0.4 is 4.90 Å². The van der Waals surface area contributed by atoms with Gasteiger partial charge in [0.25, 0.3) is 0 Å². The highest BCUT2D eigenvalue weighted by atomic mass is 16.3. The topological polar surface area (TPSA) is 60.9 Å². The van der Waals surface area contributed by atoms with Crippen LogP contribution in [0, 0.1) is 18.3 Å². The van der Waals surface area contributed by atoms with Crippen molar-refractivity contribution in [2.75, 3.05) is 24.5 Å². The Morgan fingerprint density at radius 2 is 1.92 bits per heavy atom. The molecule has 0 unspecified atom stereocenters. The minimum atomic E-state index is -0.305. The second kappa shape index (κ2) is 5.59. The monoisotopic (exact) mass is 328 g/mol. The van der Waals surface area contributed by atoms with E-state index in [1.807, 2.05) is 41.0 Å². The molecule has 0 bridgehead atoms. The number of carbonyl (C=O) groups is 2. The van der Waals surface area contributed by atoms with Gasteiger partial charge in [-0.3, -0.25) is 9.59 Å². The highest BCUT2D eigenvalue weighted by Crippen LogP contribution is 2.43. The Morgan fingerprint density at radius 1 is 1.21 bits per heavy atom. The van der Waals surface area contributed by atoms with Crippen molar-refractivity contribution >= 4 is 17.5 Å². The molecule has 2 saturated heterocycles. The van der Waals surface area contributed by atoms with Crippen molar-refractivity contribution in [3.63, 3.8) is 0 Å². The molecule has 1 aromatic rings. The maximum Gasteiger partial charge on any atom is 0.227 e. The summed E-state index contributed by atoms with van der Waals surface area (Å²) in [5, 5.41) is 9.41. The zero-order valence-electron chi connectivity index (χ0n) is 14.1.